The van der Waals surface area contributed by atoms with Crippen LogP contribution in [0.15, 0.2) is 32.8 Å². The molecule has 18 heavy (non-hydrogen) atoms. The molecule has 0 saturated carbocycles. The Labute approximate surface area is 114 Å². The quantitative estimate of drug-likeness (QED) is 0.803. The molecule has 0 aliphatic carbocycles. The summed E-state index contributed by atoms with van der Waals surface area (Å²) < 4.78 is 7.84. The average Bonchev–Trinajstić information content (AvgIpc) is 2.94. The molecule has 3 aromatic heterocycles. The average molecular weight is 327 g/mol. The number of aliphatic carboxylic acids is 1. The molecule has 3 aromatic rings. The van der Waals surface area contributed by atoms with Crippen molar-refractivity contribution in [3.63, 3.8) is 0 Å². The van der Waals surface area contributed by atoms with E-state index in [4.69, 9.17) is 9.52 Å². The molecule has 7 heteroatoms. The van der Waals surface area contributed by atoms with E-state index in [-0.39, 0.29) is 6.42 Å². The van der Waals surface area contributed by atoms with Crippen LogP contribution in [0.4, 0.5) is 0 Å². The fraction of sp³-hybridized carbons (Fsp3) is 0.0909. The van der Waals surface area contributed by atoms with Crippen molar-refractivity contribution in [2.45, 2.75) is 6.42 Å². The van der Waals surface area contributed by atoms with Gasteiger partial charge in [-0.2, -0.15) is 0 Å². The molecule has 0 aliphatic rings. The summed E-state index contributed by atoms with van der Waals surface area (Å²) in [7, 11) is 0. The number of aromatic nitrogens is 2. The van der Waals surface area contributed by atoms with Crippen LogP contribution in [-0.4, -0.2) is 20.5 Å². The van der Waals surface area contributed by atoms with Gasteiger partial charge in [-0.3, -0.25) is 9.20 Å². The first-order chi connectivity index (χ1) is 8.63. The van der Waals surface area contributed by atoms with E-state index in [0.29, 0.717) is 21.8 Å². The van der Waals surface area contributed by atoms with Crippen molar-refractivity contribution < 1.29 is 14.3 Å². The second kappa shape index (κ2) is 4.25. The van der Waals surface area contributed by atoms with Gasteiger partial charge in [-0.05, 0) is 28.1 Å². The normalized spacial score (nSPS) is 11.2. The van der Waals surface area contributed by atoms with Crippen molar-refractivity contribution in [3.8, 4) is 11.5 Å². The smallest absolute Gasteiger partial charge is 0.309 e. The molecule has 0 unspecified atom stereocenters. The molecule has 1 N–H and O–H groups in total. The summed E-state index contributed by atoms with van der Waals surface area (Å²) in [6.07, 6.45) is 1.77. The van der Waals surface area contributed by atoms with Gasteiger partial charge in [0.1, 0.15) is 5.69 Å². The first-order valence-electron chi connectivity index (χ1n) is 5.06. The number of carboxylic acids is 1. The zero-order chi connectivity index (χ0) is 12.7. The Morgan fingerprint density at radius 1 is 1.56 bits per heavy atom. The van der Waals surface area contributed by atoms with Gasteiger partial charge in [0.25, 0.3) is 0 Å². The summed E-state index contributed by atoms with van der Waals surface area (Å²) in [5, 5.41) is 10.6. The highest BCUT2D eigenvalue weighted by molar-refractivity contribution is 9.10. The van der Waals surface area contributed by atoms with Crippen LogP contribution in [0.1, 0.15) is 5.69 Å². The largest absolute Gasteiger partial charge is 0.481 e. The predicted octanol–water partition coefficient (Wildman–Crippen LogP) is 3.05. The second-order valence-electron chi connectivity index (χ2n) is 3.68. The summed E-state index contributed by atoms with van der Waals surface area (Å²) >= 11 is 4.65. The van der Waals surface area contributed by atoms with E-state index in [0.717, 1.165) is 4.96 Å². The van der Waals surface area contributed by atoms with Crippen molar-refractivity contribution >= 4 is 38.2 Å². The predicted molar refractivity (Wildman–Crippen MR) is 69.8 cm³/mol. The number of rotatable bonds is 3. The minimum atomic E-state index is -0.856. The van der Waals surface area contributed by atoms with Crippen LogP contribution in [0.5, 0.6) is 0 Å². The van der Waals surface area contributed by atoms with E-state index in [9.17, 15) is 4.79 Å². The van der Waals surface area contributed by atoms with Gasteiger partial charge in [0.05, 0.1) is 6.42 Å². The number of hydrogen-bond donors (Lipinski definition) is 1. The standard InChI is InChI=1S/C11H7BrN2O3S/c12-9-2-1-8(17-9)7-4-14-6(3-10(15)16)5-18-11(14)13-7/h1-2,4-5H,3H2,(H,15,16). The molecule has 0 spiro atoms. The van der Waals surface area contributed by atoms with Crippen LogP contribution in [0, 0.1) is 0 Å². The van der Waals surface area contributed by atoms with Crippen LogP contribution in [0.25, 0.3) is 16.4 Å². The number of thiazole rings is 1. The van der Waals surface area contributed by atoms with E-state index in [1.807, 2.05) is 6.07 Å². The molecule has 0 saturated heterocycles. The maximum Gasteiger partial charge on any atom is 0.309 e. The van der Waals surface area contributed by atoms with Gasteiger partial charge < -0.3 is 9.52 Å². The summed E-state index contributed by atoms with van der Waals surface area (Å²) in [5.41, 5.74) is 1.41. The Balaban J connectivity index is 2.06. The number of hydrogen-bond acceptors (Lipinski definition) is 4. The topological polar surface area (TPSA) is 67.7 Å². The highest BCUT2D eigenvalue weighted by Crippen LogP contribution is 2.27. The minimum absolute atomic E-state index is 0.0162. The SMILES string of the molecule is O=C(O)Cc1csc2nc(-c3ccc(Br)o3)cn12. The molecule has 0 fully saturated rings. The van der Waals surface area contributed by atoms with Crippen LogP contribution >= 0.6 is 27.3 Å². The molecular formula is C11H7BrN2O3S. The molecule has 0 aromatic carbocycles. The van der Waals surface area contributed by atoms with Gasteiger partial charge in [-0.1, -0.05) is 0 Å². The highest BCUT2D eigenvalue weighted by atomic mass is 79.9. The van der Waals surface area contributed by atoms with Gasteiger partial charge in [-0.15, -0.1) is 11.3 Å². The van der Waals surface area contributed by atoms with Crippen molar-refractivity contribution in [2.24, 2.45) is 0 Å². The lowest BCUT2D eigenvalue weighted by Crippen LogP contribution is -2.02. The van der Waals surface area contributed by atoms with Crippen molar-refractivity contribution in [1.29, 1.82) is 0 Å². The molecule has 0 radical (unpaired) electrons. The number of halogens is 1. The second-order valence-corrected chi connectivity index (χ2v) is 5.30. The van der Waals surface area contributed by atoms with Crippen LogP contribution in [0.3, 0.4) is 0 Å². The number of carbonyl (C=O) groups is 1. The van der Waals surface area contributed by atoms with Gasteiger partial charge in [-0.25, -0.2) is 4.98 Å². The number of carboxylic acid groups (broad SMARTS) is 1. The molecule has 0 atom stereocenters. The first kappa shape index (κ1) is 11.5. The third-order valence-corrected chi connectivity index (χ3v) is 3.76. The fourth-order valence-corrected chi connectivity index (χ4v) is 2.86. The molecule has 0 aliphatic heterocycles. The Hall–Kier alpha value is -1.60. The van der Waals surface area contributed by atoms with Gasteiger partial charge in [0, 0.05) is 17.3 Å². The summed E-state index contributed by atoms with van der Waals surface area (Å²) in [6.45, 7) is 0. The number of imidazole rings is 1. The number of nitrogens with zero attached hydrogens (tertiary/aromatic N) is 2. The van der Waals surface area contributed by atoms with E-state index in [2.05, 4.69) is 20.9 Å². The monoisotopic (exact) mass is 326 g/mol. The third-order valence-electron chi connectivity index (χ3n) is 2.44. The Morgan fingerprint density at radius 2 is 2.39 bits per heavy atom. The highest BCUT2D eigenvalue weighted by Gasteiger charge is 2.13. The lowest BCUT2D eigenvalue weighted by molar-refractivity contribution is -0.136. The third kappa shape index (κ3) is 1.95. The minimum Gasteiger partial charge on any atom is -0.481 e. The van der Waals surface area contributed by atoms with Gasteiger partial charge in [0.2, 0.25) is 0 Å². The van der Waals surface area contributed by atoms with Crippen molar-refractivity contribution in [2.75, 3.05) is 0 Å². The van der Waals surface area contributed by atoms with Crippen LogP contribution in [-0.2, 0) is 11.2 Å². The van der Waals surface area contributed by atoms with Crippen molar-refractivity contribution in [1.82, 2.24) is 9.38 Å². The summed E-state index contributed by atoms with van der Waals surface area (Å²) in [5.74, 6) is -0.204. The zero-order valence-corrected chi connectivity index (χ0v) is 11.4. The van der Waals surface area contributed by atoms with Gasteiger partial charge >= 0.3 is 5.97 Å². The van der Waals surface area contributed by atoms with E-state index >= 15 is 0 Å². The van der Waals surface area contributed by atoms with Gasteiger partial charge in [0.15, 0.2) is 15.4 Å². The lowest BCUT2D eigenvalue weighted by atomic mass is 10.3. The lowest BCUT2D eigenvalue weighted by Gasteiger charge is -1.92. The molecule has 3 rings (SSSR count). The van der Waals surface area contributed by atoms with Crippen LogP contribution in [0.2, 0.25) is 0 Å². The molecule has 0 amide bonds. The Morgan fingerprint density at radius 3 is 3.06 bits per heavy atom. The number of furan rings is 1. The Bertz CT molecular complexity index is 728. The van der Waals surface area contributed by atoms with E-state index in [1.165, 1.54) is 11.3 Å². The summed E-state index contributed by atoms with van der Waals surface area (Å²) in [6, 6.07) is 3.61. The molecule has 3 heterocycles. The molecular weight excluding hydrogens is 320 g/mol. The zero-order valence-electron chi connectivity index (χ0n) is 8.96. The van der Waals surface area contributed by atoms with Crippen molar-refractivity contribution in [3.05, 3.63) is 34.1 Å². The summed E-state index contributed by atoms with van der Waals surface area (Å²) in [4.78, 5) is 15.9. The molecule has 0 bridgehead atoms. The van der Waals surface area contributed by atoms with E-state index in [1.54, 1.807) is 22.0 Å². The Kier molecular flexibility index (Phi) is 2.71. The van der Waals surface area contributed by atoms with Crippen LogP contribution < -0.4 is 0 Å². The maximum atomic E-state index is 10.7. The number of fused-ring (bicyclic) bond motifs is 1. The fourth-order valence-electron chi connectivity index (χ4n) is 1.68. The maximum absolute atomic E-state index is 10.7. The first-order valence-corrected chi connectivity index (χ1v) is 6.74. The molecule has 92 valence electrons. The van der Waals surface area contributed by atoms with E-state index < -0.39 is 5.97 Å². The molecule has 5 nitrogen and oxygen atoms in total.